The quantitative estimate of drug-likeness (QED) is 0.668. The first-order valence-electron chi connectivity index (χ1n) is 6.03. The van der Waals surface area contributed by atoms with Crippen molar-refractivity contribution in [3.05, 3.63) is 35.9 Å². The Morgan fingerprint density at radius 1 is 1.05 bits per heavy atom. The van der Waals surface area contributed by atoms with Crippen LogP contribution >= 0.6 is 0 Å². The van der Waals surface area contributed by atoms with Crippen molar-refractivity contribution in [2.75, 3.05) is 6.54 Å². The molecule has 5 nitrogen and oxygen atoms in total. The van der Waals surface area contributed by atoms with Gasteiger partial charge in [-0.2, -0.15) is 0 Å². The highest BCUT2D eigenvalue weighted by Gasteiger charge is 2.20. The Morgan fingerprint density at radius 3 is 2.21 bits per heavy atom. The van der Waals surface area contributed by atoms with Crippen LogP contribution < -0.4 is 5.73 Å². The van der Waals surface area contributed by atoms with Crippen molar-refractivity contribution in [3.63, 3.8) is 0 Å². The van der Waals surface area contributed by atoms with Gasteiger partial charge in [0, 0.05) is 12.8 Å². The lowest BCUT2D eigenvalue weighted by Crippen LogP contribution is -2.18. The SMILES string of the molecule is NCC(=O)CCC(=O)CC(=O)C(O)c1ccccc1. The van der Waals surface area contributed by atoms with Gasteiger partial charge in [0.25, 0.3) is 0 Å². The van der Waals surface area contributed by atoms with Crippen LogP contribution in [0.4, 0.5) is 0 Å². The first-order valence-corrected chi connectivity index (χ1v) is 6.03. The van der Waals surface area contributed by atoms with Crippen LogP contribution in [0.5, 0.6) is 0 Å². The number of rotatable bonds is 8. The molecule has 1 rings (SSSR count). The van der Waals surface area contributed by atoms with Crippen LogP contribution in [-0.4, -0.2) is 29.0 Å². The zero-order valence-corrected chi connectivity index (χ0v) is 10.5. The molecule has 5 heteroatoms. The van der Waals surface area contributed by atoms with Crippen molar-refractivity contribution < 1.29 is 19.5 Å². The van der Waals surface area contributed by atoms with Crippen LogP contribution in [0.15, 0.2) is 30.3 Å². The monoisotopic (exact) mass is 263 g/mol. The Morgan fingerprint density at radius 2 is 1.63 bits per heavy atom. The average Bonchev–Trinajstić information content (AvgIpc) is 2.44. The number of hydrogen-bond acceptors (Lipinski definition) is 5. The van der Waals surface area contributed by atoms with Gasteiger partial charge in [-0.25, -0.2) is 0 Å². The summed E-state index contributed by atoms with van der Waals surface area (Å²) in [7, 11) is 0. The van der Waals surface area contributed by atoms with E-state index in [0.29, 0.717) is 5.56 Å². The van der Waals surface area contributed by atoms with Crippen molar-refractivity contribution in [2.24, 2.45) is 5.73 Å². The second-order valence-electron chi connectivity index (χ2n) is 4.24. The molecule has 1 aromatic carbocycles. The van der Waals surface area contributed by atoms with Gasteiger partial charge in [0.05, 0.1) is 13.0 Å². The van der Waals surface area contributed by atoms with Crippen LogP contribution in [0.25, 0.3) is 0 Å². The summed E-state index contributed by atoms with van der Waals surface area (Å²) >= 11 is 0. The lowest BCUT2D eigenvalue weighted by atomic mass is 10.00. The Kier molecular flexibility index (Phi) is 6.05. The molecule has 0 saturated heterocycles. The maximum atomic E-state index is 11.7. The number of hydrogen-bond donors (Lipinski definition) is 2. The van der Waals surface area contributed by atoms with Crippen LogP contribution in [0.3, 0.4) is 0 Å². The summed E-state index contributed by atoms with van der Waals surface area (Å²) < 4.78 is 0. The van der Waals surface area contributed by atoms with Gasteiger partial charge in [-0.15, -0.1) is 0 Å². The minimum atomic E-state index is -1.30. The van der Waals surface area contributed by atoms with Gasteiger partial charge in [0.1, 0.15) is 17.7 Å². The molecule has 0 heterocycles. The van der Waals surface area contributed by atoms with Crippen molar-refractivity contribution in [2.45, 2.75) is 25.4 Å². The molecule has 0 aromatic heterocycles. The zero-order chi connectivity index (χ0) is 14.3. The first kappa shape index (κ1) is 15.2. The Balaban J connectivity index is 2.46. The predicted molar refractivity (Wildman–Crippen MR) is 69.3 cm³/mol. The fourth-order valence-electron chi connectivity index (χ4n) is 1.58. The molecular formula is C14H17NO4. The summed E-state index contributed by atoms with van der Waals surface area (Å²) in [6.45, 7) is -0.103. The van der Waals surface area contributed by atoms with E-state index < -0.39 is 11.9 Å². The number of carbonyl (C=O) groups is 3. The molecule has 0 spiro atoms. The van der Waals surface area contributed by atoms with Crippen LogP contribution in [0.1, 0.15) is 30.9 Å². The first-order chi connectivity index (χ1) is 9.04. The summed E-state index contributed by atoms with van der Waals surface area (Å²) in [6, 6.07) is 8.40. The molecule has 3 N–H and O–H groups in total. The second-order valence-corrected chi connectivity index (χ2v) is 4.24. The molecule has 0 radical (unpaired) electrons. The van der Waals surface area contributed by atoms with Crippen molar-refractivity contribution in [1.82, 2.24) is 0 Å². The topological polar surface area (TPSA) is 97.5 Å². The fraction of sp³-hybridized carbons (Fsp3) is 0.357. The molecule has 102 valence electrons. The van der Waals surface area contributed by atoms with Crippen LogP contribution in [0.2, 0.25) is 0 Å². The molecule has 1 atom stereocenters. The van der Waals surface area contributed by atoms with E-state index in [1.807, 2.05) is 0 Å². The highest BCUT2D eigenvalue weighted by molar-refractivity contribution is 6.02. The molecule has 0 bridgehead atoms. The van der Waals surface area contributed by atoms with E-state index in [2.05, 4.69) is 0 Å². The zero-order valence-electron chi connectivity index (χ0n) is 10.5. The number of ketones is 3. The molecular weight excluding hydrogens is 246 g/mol. The van der Waals surface area contributed by atoms with Gasteiger partial charge in [-0.05, 0) is 5.56 Å². The largest absolute Gasteiger partial charge is 0.381 e. The number of benzene rings is 1. The van der Waals surface area contributed by atoms with Crippen molar-refractivity contribution in [3.8, 4) is 0 Å². The second kappa shape index (κ2) is 7.56. The molecule has 0 saturated carbocycles. The predicted octanol–water partition coefficient (Wildman–Crippen LogP) is 0.556. The van der Waals surface area contributed by atoms with Gasteiger partial charge < -0.3 is 10.8 Å². The van der Waals surface area contributed by atoms with Crippen LogP contribution in [0, 0.1) is 0 Å². The van der Waals surface area contributed by atoms with Gasteiger partial charge in [-0.1, -0.05) is 30.3 Å². The van der Waals surface area contributed by atoms with Crippen molar-refractivity contribution in [1.29, 1.82) is 0 Å². The Bertz CT molecular complexity index is 456. The molecule has 0 aliphatic rings. The number of aliphatic hydroxyl groups excluding tert-OH is 1. The van der Waals surface area contributed by atoms with E-state index in [0.717, 1.165) is 0 Å². The third kappa shape index (κ3) is 5.11. The van der Waals surface area contributed by atoms with Crippen LogP contribution in [-0.2, 0) is 14.4 Å². The summed E-state index contributed by atoms with van der Waals surface area (Å²) in [4.78, 5) is 34.1. The van der Waals surface area contributed by atoms with E-state index in [1.54, 1.807) is 30.3 Å². The molecule has 1 aromatic rings. The lowest BCUT2D eigenvalue weighted by molar-refractivity contribution is -0.133. The summed E-state index contributed by atoms with van der Waals surface area (Å²) in [5.41, 5.74) is 5.57. The van der Waals surface area contributed by atoms with E-state index >= 15 is 0 Å². The standard InChI is InChI=1S/C14H17NO4/c15-9-12(17)7-6-11(16)8-13(18)14(19)10-4-2-1-3-5-10/h1-5,14,19H,6-9,15H2. The third-order valence-corrected chi connectivity index (χ3v) is 2.70. The average molecular weight is 263 g/mol. The van der Waals surface area contributed by atoms with E-state index in [9.17, 15) is 19.5 Å². The summed E-state index contributed by atoms with van der Waals surface area (Å²) in [6.07, 6.45) is -1.63. The molecule has 0 amide bonds. The molecule has 0 fully saturated rings. The molecule has 1 unspecified atom stereocenters. The van der Waals surface area contributed by atoms with Gasteiger partial charge >= 0.3 is 0 Å². The molecule has 0 aliphatic carbocycles. The van der Waals surface area contributed by atoms with E-state index in [1.165, 1.54) is 0 Å². The Labute approximate surface area is 111 Å². The van der Waals surface area contributed by atoms with Gasteiger partial charge in [-0.3, -0.25) is 14.4 Å². The number of aliphatic hydroxyl groups is 1. The highest BCUT2D eigenvalue weighted by atomic mass is 16.3. The van der Waals surface area contributed by atoms with E-state index in [4.69, 9.17) is 5.73 Å². The van der Waals surface area contributed by atoms with E-state index in [-0.39, 0.29) is 37.4 Å². The third-order valence-electron chi connectivity index (χ3n) is 2.70. The van der Waals surface area contributed by atoms with Crippen molar-refractivity contribution >= 4 is 17.3 Å². The van der Waals surface area contributed by atoms with Gasteiger partial charge in [0.15, 0.2) is 5.78 Å². The smallest absolute Gasteiger partial charge is 0.173 e. The summed E-state index contributed by atoms with van der Waals surface area (Å²) in [5, 5.41) is 9.77. The minimum absolute atomic E-state index is 0.0106. The Hall–Kier alpha value is -1.85. The molecule has 19 heavy (non-hydrogen) atoms. The number of carbonyl (C=O) groups excluding carboxylic acids is 3. The normalized spacial score (nSPS) is 11.9. The van der Waals surface area contributed by atoms with Gasteiger partial charge in [0.2, 0.25) is 0 Å². The highest BCUT2D eigenvalue weighted by Crippen LogP contribution is 2.15. The minimum Gasteiger partial charge on any atom is -0.381 e. The summed E-state index contributed by atoms with van der Waals surface area (Å²) in [5.74, 6) is -1.14. The number of Topliss-reactive ketones (excluding diaryl/α,β-unsaturated/α-hetero) is 3. The maximum absolute atomic E-state index is 11.7. The lowest BCUT2D eigenvalue weighted by Gasteiger charge is -2.09. The molecule has 0 aliphatic heterocycles. The maximum Gasteiger partial charge on any atom is 0.173 e. The number of nitrogens with two attached hydrogens (primary N) is 1. The fourth-order valence-corrected chi connectivity index (χ4v) is 1.58.